The van der Waals surface area contributed by atoms with Crippen LogP contribution in [0.2, 0.25) is 4.22 Å². The second-order valence-electron chi connectivity index (χ2n) is 7.15. The van der Waals surface area contributed by atoms with Gasteiger partial charge in [-0.05, 0) is 0 Å². The first kappa shape index (κ1) is 21.4. The Labute approximate surface area is 182 Å². The van der Waals surface area contributed by atoms with Crippen LogP contribution in [0, 0.1) is 0 Å². The SMILES string of the molecule is CCCCC1=CC2=C(CCCC2)[CH]1[Ti+2][CH]1C=Cc2ccccc21.[Br-].[Br-]. The first-order valence-corrected chi connectivity index (χ1v) is 11.1. The van der Waals surface area contributed by atoms with Crippen LogP contribution in [0.4, 0.5) is 0 Å². The third kappa shape index (κ3) is 4.51. The molecule has 0 saturated heterocycles. The second-order valence-corrected chi connectivity index (χ2v) is 9.54. The first-order valence-electron chi connectivity index (χ1n) is 9.32. The molecule has 2 atom stereocenters. The maximum absolute atomic E-state index is 2.63. The Morgan fingerprint density at radius 2 is 1.88 bits per heavy atom. The summed E-state index contributed by atoms with van der Waals surface area (Å²) in [5.41, 5.74) is 8.48. The molecule has 4 rings (SSSR count). The van der Waals surface area contributed by atoms with Crippen molar-refractivity contribution >= 4 is 6.08 Å². The van der Waals surface area contributed by atoms with E-state index in [1.807, 2.05) is 5.57 Å². The second kappa shape index (κ2) is 9.88. The summed E-state index contributed by atoms with van der Waals surface area (Å²) in [4.78, 5) is 0. The fourth-order valence-electron chi connectivity index (χ4n) is 4.36. The first-order chi connectivity index (χ1) is 11.4. The summed E-state index contributed by atoms with van der Waals surface area (Å²) >= 11 is -0.0493. The van der Waals surface area contributed by atoms with E-state index < -0.39 is 0 Å². The summed E-state index contributed by atoms with van der Waals surface area (Å²) in [6, 6.07) is 9.05. The normalized spacial score (nSPS) is 23.2. The van der Waals surface area contributed by atoms with Gasteiger partial charge in [-0.15, -0.1) is 0 Å². The molecule has 0 fully saturated rings. The molecule has 0 amide bonds. The Kier molecular flexibility index (Phi) is 8.46. The molecular weight excluding hydrogens is 472 g/mol. The number of rotatable bonds is 5. The van der Waals surface area contributed by atoms with E-state index in [-0.39, 0.29) is 53.1 Å². The number of halogens is 2. The van der Waals surface area contributed by atoms with E-state index in [2.05, 4.69) is 49.4 Å². The third-order valence-corrected chi connectivity index (χ3v) is 8.59. The van der Waals surface area contributed by atoms with Crippen LogP contribution in [0.1, 0.15) is 67.2 Å². The molecule has 3 aliphatic rings. The Morgan fingerprint density at radius 3 is 2.72 bits per heavy atom. The fourth-order valence-corrected chi connectivity index (χ4v) is 7.45. The van der Waals surface area contributed by atoms with E-state index in [9.17, 15) is 0 Å². The van der Waals surface area contributed by atoms with Crippen molar-refractivity contribution in [2.75, 3.05) is 0 Å². The zero-order valence-electron chi connectivity index (χ0n) is 14.9. The van der Waals surface area contributed by atoms with Crippen LogP contribution in [0.3, 0.4) is 0 Å². The molecule has 25 heavy (non-hydrogen) atoms. The number of hydrogen-bond acceptors (Lipinski definition) is 0. The summed E-state index contributed by atoms with van der Waals surface area (Å²) in [7, 11) is 0. The molecule has 0 aromatic heterocycles. The molecule has 0 radical (unpaired) electrons. The summed E-state index contributed by atoms with van der Waals surface area (Å²) in [6.07, 6.45) is 17.1. The molecule has 0 N–H and O–H groups in total. The van der Waals surface area contributed by atoms with E-state index in [1.165, 1.54) is 50.5 Å². The van der Waals surface area contributed by atoms with Gasteiger partial charge in [-0.2, -0.15) is 0 Å². The monoisotopic (exact) mass is 496 g/mol. The number of fused-ring (bicyclic) bond motifs is 1. The molecule has 132 valence electrons. The fraction of sp³-hybridized carbons (Fsp3) is 0.455. The number of allylic oxidation sites excluding steroid dienone is 5. The molecule has 0 spiro atoms. The molecule has 3 aliphatic carbocycles. The molecule has 2 unspecified atom stereocenters. The number of unbranched alkanes of at least 4 members (excludes halogenated alkanes) is 1. The van der Waals surface area contributed by atoms with Crippen molar-refractivity contribution < 1.29 is 53.1 Å². The standard InChI is InChI=1S/C13H19.C9H7.2BrH.Ti/c1-2-3-6-11-9-12-7-4-5-8-13(12)10-11;1-2-5-9-7-3-6-8(9)4-1;;;/h9-10H,2-8H2,1H3;1-7H;2*1H;/q;;;;+2/p-2. The van der Waals surface area contributed by atoms with E-state index in [1.54, 1.807) is 16.7 Å². The minimum atomic E-state index is -0.0493. The van der Waals surface area contributed by atoms with E-state index in [0.717, 1.165) is 8.45 Å². The Morgan fingerprint density at radius 1 is 1.08 bits per heavy atom. The Bertz CT molecular complexity index is 687. The molecular formula is C22H26Br2Ti. The van der Waals surface area contributed by atoms with Gasteiger partial charge in [-0.1, -0.05) is 0 Å². The zero-order chi connectivity index (χ0) is 15.6. The van der Waals surface area contributed by atoms with Crippen LogP contribution in [0.5, 0.6) is 0 Å². The molecule has 0 bridgehead atoms. The molecule has 0 nitrogen and oxygen atoms in total. The van der Waals surface area contributed by atoms with Crippen LogP contribution in [0.25, 0.3) is 6.08 Å². The van der Waals surface area contributed by atoms with E-state index in [0.29, 0.717) is 0 Å². The van der Waals surface area contributed by atoms with Gasteiger partial charge in [0.2, 0.25) is 0 Å². The maximum Gasteiger partial charge on any atom is -1.00 e. The Balaban J connectivity index is 0.00000113. The van der Waals surface area contributed by atoms with E-state index >= 15 is 0 Å². The topological polar surface area (TPSA) is 0 Å². The molecule has 0 heterocycles. The van der Waals surface area contributed by atoms with Crippen LogP contribution in [0.15, 0.2) is 53.1 Å². The molecule has 0 aliphatic heterocycles. The van der Waals surface area contributed by atoms with Gasteiger partial charge in [0.15, 0.2) is 0 Å². The van der Waals surface area contributed by atoms with Crippen molar-refractivity contribution in [2.45, 2.75) is 60.3 Å². The average Bonchev–Trinajstić information content (AvgIpc) is 3.16. The van der Waals surface area contributed by atoms with Gasteiger partial charge in [0.25, 0.3) is 0 Å². The summed E-state index contributed by atoms with van der Waals surface area (Å²) in [5.74, 6) is 0. The molecule has 3 heteroatoms. The van der Waals surface area contributed by atoms with Crippen molar-refractivity contribution in [3.05, 3.63) is 64.3 Å². The Hall–Kier alpha value is 0.114. The minimum absolute atomic E-state index is 0. The van der Waals surface area contributed by atoms with E-state index in [4.69, 9.17) is 0 Å². The van der Waals surface area contributed by atoms with Gasteiger partial charge < -0.3 is 34.0 Å². The summed E-state index contributed by atoms with van der Waals surface area (Å²) in [5, 5.41) is 0. The largest absolute Gasteiger partial charge is 1.00 e. The van der Waals surface area contributed by atoms with Gasteiger partial charge in [-0.25, -0.2) is 0 Å². The van der Waals surface area contributed by atoms with Crippen LogP contribution in [-0.4, -0.2) is 0 Å². The maximum atomic E-state index is 2.63. The van der Waals surface area contributed by atoms with Gasteiger partial charge in [0.05, 0.1) is 0 Å². The van der Waals surface area contributed by atoms with Crippen molar-refractivity contribution in [3.63, 3.8) is 0 Å². The number of benzene rings is 1. The average molecular weight is 498 g/mol. The minimum Gasteiger partial charge on any atom is -1.00 e. The van der Waals surface area contributed by atoms with Gasteiger partial charge in [-0.3, -0.25) is 0 Å². The number of hydrogen-bond donors (Lipinski definition) is 0. The van der Waals surface area contributed by atoms with Crippen molar-refractivity contribution in [2.24, 2.45) is 0 Å². The quantitative estimate of drug-likeness (QED) is 0.524. The van der Waals surface area contributed by atoms with Crippen LogP contribution in [-0.2, 0) is 19.2 Å². The third-order valence-electron chi connectivity index (χ3n) is 5.60. The van der Waals surface area contributed by atoms with Gasteiger partial charge in [0, 0.05) is 0 Å². The van der Waals surface area contributed by atoms with Crippen molar-refractivity contribution in [1.29, 1.82) is 0 Å². The predicted octanol–water partition coefficient (Wildman–Crippen LogP) is 0.634. The predicted molar refractivity (Wildman–Crippen MR) is 95.1 cm³/mol. The molecule has 1 aromatic rings. The van der Waals surface area contributed by atoms with Gasteiger partial charge in [0.1, 0.15) is 0 Å². The van der Waals surface area contributed by atoms with Crippen LogP contribution >= 0.6 is 0 Å². The van der Waals surface area contributed by atoms with Crippen LogP contribution < -0.4 is 34.0 Å². The summed E-state index contributed by atoms with van der Waals surface area (Å²) in [6.45, 7) is 2.32. The zero-order valence-corrected chi connectivity index (χ0v) is 19.6. The molecule has 1 aromatic carbocycles. The summed E-state index contributed by atoms with van der Waals surface area (Å²) < 4.78 is 1.60. The van der Waals surface area contributed by atoms with Gasteiger partial charge >= 0.3 is 150 Å². The molecule has 0 saturated carbocycles. The smallest absolute Gasteiger partial charge is 1.00 e. The van der Waals surface area contributed by atoms with Crippen molar-refractivity contribution in [3.8, 4) is 0 Å². The van der Waals surface area contributed by atoms with Crippen molar-refractivity contribution in [1.82, 2.24) is 0 Å².